The molecule has 1 aromatic rings. The summed E-state index contributed by atoms with van der Waals surface area (Å²) in [5.41, 5.74) is 1.41. The Hall–Kier alpha value is -0.0600. The van der Waals surface area contributed by atoms with E-state index >= 15 is 0 Å². The van der Waals surface area contributed by atoms with Gasteiger partial charge in [0.2, 0.25) is 0 Å². The summed E-state index contributed by atoms with van der Waals surface area (Å²) in [6.07, 6.45) is 5.15. The normalized spacial score (nSPS) is 20.3. The van der Waals surface area contributed by atoms with Crippen LogP contribution in [0.4, 0.5) is 0 Å². The number of nitrogens with one attached hydrogen (secondary N) is 1. The van der Waals surface area contributed by atoms with Crippen LogP contribution in [0.15, 0.2) is 0 Å². The molecule has 1 N–H and O–H groups in total. The quantitative estimate of drug-likeness (QED) is 0.816. The van der Waals surface area contributed by atoms with Crippen molar-refractivity contribution in [3.05, 3.63) is 15.6 Å². The Morgan fingerprint density at radius 1 is 1.47 bits per heavy atom. The number of aromatic nitrogens is 1. The molecule has 19 heavy (non-hydrogen) atoms. The van der Waals surface area contributed by atoms with Crippen LogP contribution in [0, 0.1) is 0 Å². The summed E-state index contributed by atoms with van der Waals surface area (Å²) in [6, 6.07) is 0. The molecule has 0 fully saturated rings. The molecule has 1 aromatic heterocycles. The molecule has 4 heteroatoms. The first-order valence-electron chi connectivity index (χ1n) is 7.55. The standard InChI is InChI=1S/C15H26N2S2/c1-4-11(3)18-10-14-17-15-12(9-16-5-2)7-6-8-13(15)19-14/h11-12,16H,4-10H2,1-3H3. The van der Waals surface area contributed by atoms with Crippen LogP contribution in [0.2, 0.25) is 0 Å². The highest BCUT2D eigenvalue weighted by Crippen LogP contribution is 2.35. The summed E-state index contributed by atoms with van der Waals surface area (Å²) in [4.78, 5) is 6.51. The SMILES string of the molecule is CCNCC1CCCc2sc(CSC(C)CC)nc21. The number of hydrogen-bond acceptors (Lipinski definition) is 4. The predicted molar refractivity (Wildman–Crippen MR) is 87.4 cm³/mol. The molecule has 1 heterocycles. The predicted octanol–water partition coefficient (Wildman–Crippen LogP) is 4.20. The summed E-state index contributed by atoms with van der Waals surface area (Å²) < 4.78 is 0. The van der Waals surface area contributed by atoms with Crippen molar-refractivity contribution in [2.24, 2.45) is 0 Å². The zero-order chi connectivity index (χ0) is 13.7. The number of thiazole rings is 1. The lowest BCUT2D eigenvalue weighted by molar-refractivity contribution is 0.508. The average molecular weight is 299 g/mol. The maximum atomic E-state index is 4.95. The van der Waals surface area contributed by atoms with Crippen molar-refractivity contribution in [3.8, 4) is 0 Å². The molecule has 1 aliphatic carbocycles. The monoisotopic (exact) mass is 298 g/mol. The lowest BCUT2D eigenvalue weighted by Crippen LogP contribution is -2.24. The number of aryl methyl sites for hydroxylation is 1. The first-order valence-corrected chi connectivity index (χ1v) is 9.41. The number of fused-ring (bicyclic) bond motifs is 1. The summed E-state index contributed by atoms with van der Waals surface area (Å²) in [6.45, 7) is 8.92. The van der Waals surface area contributed by atoms with Crippen LogP contribution >= 0.6 is 23.1 Å². The van der Waals surface area contributed by atoms with E-state index in [9.17, 15) is 0 Å². The Balaban J connectivity index is 1.99. The second-order valence-corrected chi connectivity index (χ2v) is 7.94. The van der Waals surface area contributed by atoms with E-state index in [1.54, 1.807) is 4.88 Å². The molecule has 2 atom stereocenters. The molecule has 0 saturated heterocycles. The van der Waals surface area contributed by atoms with E-state index in [4.69, 9.17) is 4.98 Å². The molecular formula is C15H26N2S2. The number of thioether (sulfide) groups is 1. The van der Waals surface area contributed by atoms with Gasteiger partial charge in [0.1, 0.15) is 5.01 Å². The second kappa shape index (κ2) is 7.65. The molecule has 0 radical (unpaired) electrons. The van der Waals surface area contributed by atoms with E-state index in [2.05, 4.69) is 26.1 Å². The smallest absolute Gasteiger partial charge is 0.103 e. The third kappa shape index (κ3) is 4.20. The number of hydrogen-bond donors (Lipinski definition) is 1. The Morgan fingerprint density at radius 2 is 2.32 bits per heavy atom. The third-order valence-corrected chi connectivity index (χ3v) is 6.48. The fourth-order valence-electron chi connectivity index (χ4n) is 2.47. The molecular weight excluding hydrogens is 272 g/mol. The highest BCUT2D eigenvalue weighted by Gasteiger charge is 2.24. The molecule has 0 bridgehead atoms. The molecule has 0 saturated carbocycles. The van der Waals surface area contributed by atoms with Crippen LogP contribution in [-0.2, 0) is 12.2 Å². The molecule has 2 rings (SSSR count). The molecule has 0 spiro atoms. The van der Waals surface area contributed by atoms with Gasteiger partial charge in [0, 0.05) is 28.3 Å². The first kappa shape index (κ1) is 15.3. The van der Waals surface area contributed by atoms with Gasteiger partial charge in [0.05, 0.1) is 5.69 Å². The van der Waals surface area contributed by atoms with Crippen LogP contribution in [0.3, 0.4) is 0 Å². The van der Waals surface area contributed by atoms with Gasteiger partial charge in [-0.2, -0.15) is 11.8 Å². The van der Waals surface area contributed by atoms with Gasteiger partial charge >= 0.3 is 0 Å². The number of nitrogens with zero attached hydrogens (tertiary/aromatic N) is 1. The molecule has 0 aromatic carbocycles. The Labute approximate surface area is 125 Å². The van der Waals surface area contributed by atoms with Crippen molar-refractivity contribution in [2.45, 2.75) is 63.4 Å². The molecule has 0 amide bonds. The van der Waals surface area contributed by atoms with Gasteiger partial charge in [0.15, 0.2) is 0 Å². The first-order chi connectivity index (χ1) is 9.24. The topological polar surface area (TPSA) is 24.9 Å². The van der Waals surface area contributed by atoms with Gasteiger partial charge in [-0.1, -0.05) is 20.8 Å². The zero-order valence-electron chi connectivity index (χ0n) is 12.4. The molecule has 2 nitrogen and oxygen atoms in total. The van der Waals surface area contributed by atoms with Gasteiger partial charge < -0.3 is 5.32 Å². The summed E-state index contributed by atoms with van der Waals surface area (Å²) in [5, 5.41) is 5.58. The van der Waals surface area contributed by atoms with Crippen LogP contribution in [0.5, 0.6) is 0 Å². The minimum Gasteiger partial charge on any atom is -0.316 e. The molecule has 1 aliphatic rings. The fourth-order valence-corrected chi connectivity index (χ4v) is 4.63. The van der Waals surface area contributed by atoms with E-state index in [0.29, 0.717) is 5.92 Å². The van der Waals surface area contributed by atoms with Gasteiger partial charge in [-0.3, -0.25) is 0 Å². The zero-order valence-corrected chi connectivity index (χ0v) is 14.0. The van der Waals surface area contributed by atoms with Gasteiger partial charge in [-0.25, -0.2) is 4.98 Å². The summed E-state index contributed by atoms with van der Waals surface area (Å²) in [7, 11) is 0. The van der Waals surface area contributed by atoms with Gasteiger partial charge in [-0.15, -0.1) is 11.3 Å². The van der Waals surface area contributed by atoms with E-state index in [1.165, 1.54) is 36.4 Å². The molecule has 108 valence electrons. The van der Waals surface area contributed by atoms with Crippen molar-refractivity contribution in [2.75, 3.05) is 13.1 Å². The van der Waals surface area contributed by atoms with Crippen molar-refractivity contribution in [1.29, 1.82) is 0 Å². The maximum absolute atomic E-state index is 4.95. The van der Waals surface area contributed by atoms with Crippen molar-refractivity contribution in [3.63, 3.8) is 0 Å². The van der Waals surface area contributed by atoms with E-state index < -0.39 is 0 Å². The third-order valence-electron chi connectivity index (χ3n) is 3.82. The fraction of sp³-hybridized carbons (Fsp3) is 0.800. The second-order valence-electron chi connectivity index (χ2n) is 5.34. The minimum atomic E-state index is 0.655. The van der Waals surface area contributed by atoms with E-state index in [0.717, 1.165) is 24.1 Å². The Morgan fingerprint density at radius 3 is 3.05 bits per heavy atom. The van der Waals surface area contributed by atoms with Crippen LogP contribution in [0.1, 0.15) is 61.5 Å². The lowest BCUT2D eigenvalue weighted by Gasteiger charge is -2.21. The van der Waals surface area contributed by atoms with Crippen LogP contribution in [-0.4, -0.2) is 23.3 Å². The van der Waals surface area contributed by atoms with Crippen molar-refractivity contribution in [1.82, 2.24) is 10.3 Å². The van der Waals surface area contributed by atoms with Crippen molar-refractivity contribution < 1.29 is 0 Å². The maximum Gasteiger partial charge on any atom is 0.103 e. The highest BCUT2D eigenvalue weighted by molar-refractivity contribution is 7.99. The molecule has 2 unspecified atom stereocenters. The summed E-state index contributed by atoms with van der Waals surface area (Å²) >= 11 is 4.01. The van der Waals surface area contributed by atoms with Crippen molar-refractivity contribution >= 4 is 23.1 Å². The van der Waals surface area contributed by atoms with E-state index in [1.807, 2.05) is 23.1 Å². The average Bonchev–Trinajstić information content (AvgIpc) is 2.85. The lowest BCUT2D eigenvalue weighted by atomic mass is 9.91. The van der Waals surface area contributed by atoms with Crippen LogP contribution < -0.4 is 5.32 Å². The number of likely N-dealkylation sites (N-methyl/N-ethyl adjacent to an activating group) is 1. The highest BCUT2D eigenvalue weighted by atomic mass is 32.2. The number of rotatable bonds is 7. The minimum absolute atomic E-state index is 0.655. The Kier molecular flexibility index (Phi) is 6.17. The van der Waals surface area contributed by atoms with Crippen LogP contribution in [0.25, 0.3) is 0 Å². The van der Waals surface area contributed by atoms with E-state index in [-0.39, 0.29) is 0 Å². The Bertz CT molecular complexity index is 389. The van der Waals surface area contributed by atoms with Gasteiger partial charge in [0.25, 0.3) is 0 Å². The molecule has 0 aliphatic heterocycles. The van der Waals surface area contributed by atoms with Gasteiger partial charge in [-0.05, 0) is 32.2 Å². The summed E-state index contributed by atoms with van der Waals surface area (Å²) in [5.74, 6) is 1.75. The largest absolute Gasteiger partial charge is 0.316 e.